The van der Waals surface area contributed by atoms with E-state index in [1.165, 1.54) is 30.2 Å². The monoisotopic (exact) mass is 414 g/mol. The summed E-state index contributed by atoms with van der Waals surface area (Å²) in [5, 5.41) is 12.4. The molecule has 0 spiro atoms. The maximum Gasteiger partial charge on any atom is 0.261 e. The van der Waals surface area contributed by atoms with Gasteiger partial charge in [-0.3, -0.25) is 14.3 Å². The molecule has 0 amide bonds. The summed E-state index contributed by atoms with van der Waals surface area (Å²) in [5.74, 6) is 0. The van der Waals surface area contributed by atoms with Gasteiger partial charge in [0.1, 0.15) is 0 Å². The van der Waals surface area contributed by atoms with Crippen LogP contribution in [-0.4, -0.2) is 27.5 Å². The Morgan fingerprint density at radius 3 is 2.52 bits per heavy atom. The minimum absolute atomic E-state index is 0.0969. The Bertz CT molecular complexity index is 1210. The van der Waals surface area contributed by atoms with Crippen LogP contribution in [0.5, 0.6) is 0 Å². The highest BCUT2D eigenvalue weighted by atomic mass is 16.1. The number of likely N-dealkylation sites (tertiary alicyclic amines) is 1. The first kappa shape index (κ1) is 20.2. The summed E-state index contributed by atoms with van der Waals surface area (Å²) < 4.78 is 1.89. The van der Waals surface area contributed by atoms with Gasteiger partial charge < -0.3 is 0 Å². The number of rotatable bonds is 3. The van der Waals surface area contributed by atoms with Crippen LogP contribution in [0.25, 0.3) is 21.7 Å². The van der Waals surface area contributed by atoms with Crippen LogP contribution >= 0.6 is 0 Å². The van der Waals surface area contributed by atoms with Crippen LogP contribution in [0, 0.1) is 16.7 Å². The number of nitriles is 1. The molecule has 1 aromatic heterocycles. The summed E-state index contributed by atoms with van der Waals surface area (Å²) in [7, 11) is 0. The topological polar surface area (TPSA) is 61.9 Å². The van der Waals surface area contributed by atoms with E-state index in [0.29, 0.717) is 0 Å². The maximum atomic E-state index is 13.5. The zero-order chi connectivity index (χ0) is 21.4. The van der Waals surface area contributed by atoms with E-state index in [1.807, 2.05) is 10.6 Å². The highest BCUT2D eigenvalue weighted by Gasteiger charge is 2.30. The maximum absolute atomic E-state index is 13.5. The average molecular weight is 415 g/mol. The van der Waals surface area contributed by atoms with Gasteiger partial charge in [0.15, 0.2) is 0 Å². The summed E-state index contributed by atoms with van der Waals surface area (Å²) in [6, 6.07) is 13.2. The first-order chi connectivity index (χ1) is 15.1. The first-order valence-corrected chi connectivity index (χ1v) is 11.6. The molecule has 0 unspecified atom stereocenters. The molecule has 1 saturated heterocycles. The quantitative estimate of drug-likeness (QED) is 0.554. The van der Waals surface area contributed by atoms with Crippen molar-refractivity contribution in [1.29, 1.82) is 5.26 Å². The molecule has 31 heavy (non-hydrogen) atoms. The van der Waals surface area contributed by atoms with Crippen molar-refractivity contribution in [2.45, 2.75) is 64.5 Å². The molecule has 1 aliphatic carbocycles. The lowest BCUT2D eigenvalue weighted by molar-refractivity contribution is 0.151. The van der Waals surface area contributed by atoms with Crippen molar-refractivity contribution in [3.63, 3.8) is 0 Å². The molecular weight excluding hydrogens is 384 g/mol. The highest BCUT2D eigenvalue weighted by molar-refractivity contribution is 6.06. The normalized spacial score (nSPS) is 20.1. The molecular formula is C26H30N4O. The Labute approximate surface area is 183 Å². The third kappa shape index (κ3) is 3.74. The molecule has 2 fully saturated rings. The lowest BCUT2D eigenvalue weighted by Gasteiger charge is -2.35. The third-order valence-electron chi connectivity index (χ3n) is 7.47. The van der Waals surface area contributed by atoms with Gasteiger partial charge in [-0.05, 0) is 62.7 Å². The molecule has 1 aliphatic heterocycles. The second-order valence-electron chi connectivity index (χ2n) is 9.67. The van der Waals surface area contributed by atoms with Gasteiger partial charge in [-0.1, -0.05) is 43.5 Å². The van der Waals surface area contributed by atoms with Crippen molar-refractivity contribution in [2.75, 3.05) is 13.1 Å². The van der Waals surface area contributed by atoms with Crippen molar-refractivity contribution in [3.05, 3.63) is 52.6 Å². The fourth-order valence-electron chi connectivity index (χ4n) is 5.36. The summed E-state index contributed by atoms with van der Waals surface area (Å²) in [5.41, 5.74) is 1.88. The van der Waals surface area contributed by atoms with Gasteiger partial charge in [0.25, 0.3) is 5.56 Å². The van der Waals surface area contributed by atoms with Crippen LogP contribution in [0.1, 0.15) is 63.5 Å². The average Bonchev–Trinajstić information content (AvgIpc) is 2.82. The number of hydrogen-bond acceptors (Lipinski definition) is 4. The smallest absolute Gasteiger partial charge is 0.261 e. The molecule has 5 rings (SSSR count). The second-order valence-corrected chi connectivity index (χ2v) is 9.67. The number of aromatic nitrogens is 2. The lowest BCUT2D eigenvalue weighted by atomic mass is 9.82. The molecule has 5 heteroatoms. The molecule has 3 aromatic rings. The standard InChI is InChI=1S/C26H30N4O/c1-26(17-27)11-13-29(14-12-26)16-19-15-23-24(22-10-6-5-9-21(19)22)28-18-30(25(23)31)20-7-3-2-4-8-20/h5-6,9-10,15,18,20H,2-4,7-8,11-14,16H2,1H3. The number of fused-ring (bicyclic) bond motifs is 3. The van der Waals surface area contributed by atoms with Gasteiger partial charge in [0.2, 0.25) is 0 Å². The predicted molar refractivity (Wildman–Crippen MR) is 124 cm³/mol. The van der Waals surface area contributed by atoms with Gasteiger partial charge in [-0.25, -0.2) is 4.98 Å². The molecule has 2 aliphatic rings. The zero-order valence-corrected chi connectivity index (χ0v) is 18.3. The van der Waals surface area contributed by atoms with Gasteiger partial charge in [0, 0.05) is 18.0 Å². The van der Waals surface area contributed by atoms with E-state index in [-0.39, 0.29) is 17.0 Å². The highest BCUT2D eigenvalue weighted by Crippen LogP contribution is 2.33. The fourth-order valence-corrected chi connectivity index (χ4v) is 5.36. The number of piperidine rings is 1. The molecule has 0 N–H and O–H groups in total. The van der Waals surface area contributed by atoms with Crippen LogP contribution in [0.2, 0.25) is 0 Å². The van der Waals surface area contributed by atoms with Gasteiger partial charge in [-0.15, -0.1) is 0 Å². The van der Waals surface area contributed by atoms with E-state index in [0.717, 1.165) is 61.6 Å². The lowest BCUT2D eigenvalue weighted by Crippen LogP contribution is -2.37. The van der Waals surface area contributed by atoms with Crippen LogP contribution in [0.4, 0.5) is 0 Å². The van der Waals surface area contributed by atoms with Crippen LogP contribution in [-0.2, 0) is 6.54 Å². The third-order valence-corrected chi connectivity index (χ3v) is 7.47. The van der Waals surface area contributed by atoms with Crippen molar-refractivity contribution in [2.24, 2.45) is 5.41 Å². The van der Waals surface area contributed by atoms with E-state index in [4.69, 9.17) is 4.98 Å². The molecule has 1 saturated carbocycles. The summed E-state index contributed by atoms with van der Waals surface area (Å²) >= 11 is 0. The van der Waals surface area contributed by atoms with E-state index < -0.39 is 0 Å². The van der Waals surface area contributed by atoms with Crippen LogP contribution < -0.4 is 5.56 Å². The predicted octanol–water partition coefficient (Wildman–Crippen LogP) is 5.18. The van der Waals surface area contributed by atoms with Crippen molar-refractivity contribution < 1.29 is 0 Å². The molecule has 160 valence electrons. The summed E-state index contributed by atoms with van der Waals surface area (Å²) in [6.07, 6.45) is 9.35. The van der Waals surface area contributed by atoms with Crippen LogP contribution in [0.15, 0.2) is 41.5 Å². The van der Waals surface area contributed by atoms with Gasteiger partial charge in [0.05, 0.1) is 28.7 Å². The SMILES string of the molecule is CC1(C#N)CCN(Cc2cc3c(=O)n(C4CCCCC4)cnc3c3ccccc23)CC1. The summed E-state index contributed by atoms with van der Waals surface area (Å²) in [6.45, 7) is 4.69. The van der Waals surface area contributed by atoms with E-state index >= 15 is 0 Å². The number of hydrogen-bond donors (Lipinski definition) is 0. The van der Waals surface area contributed by atoms with Crippen LogP contribution in [0.3, 0.4) is 0 Å². The Balaban J connectivity index is 1.56. The molecule has 2 heterocycles. The Hall–Kier alpha value is -2.71. The largest absolute Gasteiger partial charge is 0.299 e. The fraction of sp³-hybridized carbons (Fsp3) is 0.500. The van der Waals surface area contributed by atoms with E-state index in [2.05, 4.69) is 42.2 Å². The Morgan fingerprint density at radius 2 is 1.81 bits per heavy atom. The van der Waals surface area contributed by atoms with Crippen molar-refractivity contribution in [1.82, 2.24) is 14.5 Å². The van der Waals surface area contributed by atoms with E-state index in [1.54, 1.807) is 6.33 Å². The summed E-state index contributed by atoms with van der Waals surface area (Å²) in [4.78, 5) is 20.7. The van der Waals surface area contributed by atoms with Gasteiger partial charge in [-0.2, -0.15) is 5.26 Å². The minimum Gasteiger partial charge on any atom is -0.299 e. The zero-order valence-electron chi connectivity index (χ0n) is 18.3. The molecule has 5 nitrogen and oxygen atoms in total. The van der Waals surface area contributed by atoms with Crippen molar-refractivity contribution in [3.8, 4) is 6.07 Å². The number of benzene rings is 2. The van der Waals surface area contributed by atoms with Gasteiger partial charge >= 0.3 is 0 Å². The molecule has 2 aromatic carbocycles. The van der Waals surface area contributed by atoms with E-state index in [9.17, 15) is 10.1 Å². The Morgan fingerprint density at radius 1 is 1.10 bits per heavy atom. The molecule has 0 atom stereocenters. The first-order valence-electron chi connectivity index (χ1n) is 11.6. The minimum atomic E-state index is -0.209. The van der Waals surface area contributed by atoms with Crippen molar-refractivity contribution >= 4 is 21.7 Å². The second kappa shape index (κ2) is 8.09. The molecule has 0 bridgehead atoms. The number of nitrogens with zero attached hydrogens (tertiary/aromatic N) is 4. The molecule has 0 radical (unpaired) electrons. The Kier molecular flexibility index (Phi) is 5.27.